The molecule has 25 heavy (non-hydrogen) atoms. The molecule has 2 aromatic carbocycles. The Labute approximate surface area is 158 Å². The summed E-state index contributed by atoms with van der Waals surface area (Å²) in [7, 11) is 0. The monoisotopic (exact) mass is 424 g/mol. The first kappa shape index (κ1) is 19.5. The Balaban J connectivity index is 2.10. The molecule has 2 rings (SSSR count). The number of rotatable bonds is 7. The predicted molar refractivity (Wildman–Crippen MR) is 103 cm³/mol. The van der Waals surface area contributed by atoms with E-state index in [-0.39, 0.29) is 11.6 Å². The number of halogens is 2. The third-order valence-corrected chi connectivity index (χ3v) is 4.59. The van der Waals surface area contributed by atoms with E-state index in [9.17, 15) is 14.0 Å². The van der Waals surface area contributed by atoms with Crippen LogP contribution in [-0.4, -0.2) is 29.9 Å². The molecule has 2 N–H and O–H groups in total. The van der Waals surface area contributed by atoms with E-state index >= 15 is 0 Å². The van der Waals surface area contributed by atoms with Crippen LogP contribution in [0.2, 0.25) is 0 Å². The zero-order valence-corrected chi connectivity index (χ0v) is 16.0. The van der Waals surface area contributed by atoms with Crippen LogP contribution in [0.25, 0.3) is 0 Å². The van der Waals surface area contributed by atoms with Gasteiger partial charge < -0.3 is 10.6 Å². The molecule has 0 spiro atoms. The fourth-order valence-corrected chi connectivity index (χ4v) is 2.95. The summed E-state index contributed by atoms with van der Waals surface area (Å²) in [6.45, 7) is 0. The molecule has 2 amide bonds. The van der Waals surface area contributed by atoms with Gasteiger partial charge >= 0.3 is 0 Å². The molecule has 7 heteroatoms. The second-order valence-corrected chi connectivity index (χ2v) is 7.19. The summed E-state index contributed by atoms with van der Waals surface area (Å²) in [5.74, 6) is -0.630. The number of hydrogen-bond acceptors (Lipinski definition) is 3. The molecule has 0 aliphatic carbocycles. The summed E-state index contributed by atoms with van der Waals surface area (Å²) in [4.78, 5) is 24.8. The maximum atomic E-state index is 13.9. The lowest BCUT2D eigenvalue weighted by atomic mass is 10.1. The molecule has 0 radical (unpaired) electrons. The summed E-state index contributed by atoms with van der Waals surface area (Å²) in [5, 5.41) is 5.27. The Bertz CT molecular complexity index is 743. The Morgan fingerprint density at radius 2 is 1.92 bits per heavy atom. The Hall–Kier alpha value is -1.86. The predicted octanol–water partition coefficient (Wildman–Crippen LogP) is 4.08. The standard InChI is InChI=1S/C18H18BrFN2O2S/c1-25-10-9-16(22-17(23)12-5-3-2-4-6-12)18(24)21-15-8-7-13(19)11-14(15)20/h2-8,11,16H,9-10H2,1H3,(H,21,24)(H,22,23). The summed E-state index contributed by atoms with van der Waals surface area (Å²) >= 11 is 4.74. The molecule has 4 nitrogen and oxygen atoms in total. The molecule has 0 aliphatic rings. The number of anilines is 1. The number of thioether (sulfide) groups is 1. The molecule has 2 aromatic rings. The van der Waals surface area contributed by atoms with Crippen LogP contribution in [0.4, 0.5) is 10.1 Å². The molecule has 1 unspecified atom stereocenters. The summed E-state index contributed by atoms with van der Waals surface area (Å²) in [6, 6.07) is 12.3. The van der Waals surface area contributed by atoms with Crippen LogP contribution in [0.5, 0.6) is 0 Å². The average Bonchev–Trinajstić information content (AvgIpc) is 2.61. The van der Waals surface area contributed by atoms with Gasteiger partial charge in [0.2, 0.25) is 5.91 Å². The zero-order chi connectivity index (χ0) is 18.2. The third-order valence-electron chi connectivity index (χ3n) is 3.46. The molecule has 132 valence electrons. The minimum Gasteiger partial charge on any atom is -0.340 e. The third kappa shape index (κ3) is 5.86. The number of nitrogens with one attached hydrogen (secondary N) is 2. The van der Waals surface area contributed by atoms with Crippen LogP contribution in [-0.2, 0) is 4.79 Å². The molecule has 0 saturated carbocycles. The van der Waals surface area contributed by atoms with Crippen LogP contribution < -0.4 is 10.6 Å². The van der Waals surface area contributed by atoms with Crippen molar-refractivity contribution in [3.8, 4) is 0 Å². The summed E-state index contributed by atoms with van der Waals surface area (Å²) < 4.78 is 14.5. The minimum atomic E-state index is -0.747. The van der Waals surface area contributed by atoms with E-state index in [1.165, 1.54) is 12.1 Å². The molecule has 0 aliphatic heterocycles. The van der Waals surface area contributed by atoms with Crippen LogP contribution in [0, 0.1) is 5.82 Å². The number of carbonyl (C=O) groups is 2. The number of benzene rings is 2. The van der Waals surface area contributed by atoms with E-state index in [0.29, 0.717) is 22.2 Å². The van der Waals surface area contributed by atoms with Gasteiger partial charge in [0.15, 0.2) is 0 Å². The highest BCUT2D eigenvalue weighted by atomic mass is 79.9. The fraction of sp³-hybridized carbons (Fsp3) is 0.222. The summed E-state index contributed by atoms with van der Waals surface area (Å²) in [5.41, 5.74) is 0.551. The molecule has 0 saturated heterocycles. The van der Waals surface area contributed by atoms with Gasteiger partial charge in [-0.05, 0) is 48.8 Å². The van der Waals surface area contributed by atoms with Crippen molar-refractivity contribution in [2.24, 2.45) is 0 Å². The van der Waals surface area contributed by atoms with Crippen LogP contribution in [0.15, 0.2) is 53.0 Å². The number of carbonyl (C=O) groups excluding carboxylic acids is 2. The van der Waals surface area contributed by atoms with Crippen LogP contribution in [0.3, 0.4) is 0 Å². The lowest BCUT2D eigenvalue weighted by Gasteiger charge is -2.18. The first-order valence-corrected chi connectivity index (χ1v) is 9.80. The second kappa shape index (κ2) is 9.58. The lowest BCUT2D eigenvalue weighted by molar-refractivity contribution is -0.118. The zero-order valence-electron chi connectivity index (χ0n) is 13.6. The smallest absolute Gasteiger partial charge is 0.251 e. The second-order valence-electron chi connectivity index (χ2n) is 5.29. The van der Waals surface area contributed by atoms with Gasteiger partial charge in [-0.15, -0.1) is 0 Å². The molecular weight excluding hydrogens is 407 g/mol. The normalized spacial score (nSPS) is 11.6. The first-order valence-electron chi connectivity index (χ1n) is 7.62. The molecular formula is C18H18BrFN2O2S. The van der Waals surface area contributed by atoms with Gasteiger partial charge in [-0.3, -0.25) is 9.59 Å². The van der Waals surface area contributed by atoms with Gasteiger partial charge in [0, 0.05) is 10.0 Å². The minimum absolute atomic E-state index is 0.0799. The van der Waals surface area contributed by atoms with Crippen molar-refractivity contribution in [1.29, 1.82) is 0 Å². The van der Waals surface area contributed by atoms with E-state index in [0.717, 1.165) is 0 Å². The van der Waals surface area contributed by atoms with E-state index in [1.54, 1.807) is 42.1 Å². The van der Waals surface area contributed by atoms with Crippen molar-refractivity contribution < 1.29 is 14.0 Å². The van der Waals surface area contributed by atoms with Crippen molar-refractivity contribution in [1.82, 2.24) is 5.32 Å². The van der Waals surface area contributed by atoms with Crippen LogP contribution >= 0.6 is 27.7 Å². The lowest BCUT2D eigenvalue weighted by Crippen LogP contribution is -2.44. The van der Waals surface area contributed by atoms with E-state index in [4.69, 9.17) is 0 Å². The van der Waals surface area contributed by atoms with Gasteiger partial charge in [-0.1, -0.05) is 34.1 Å². The molecule has 0 aromatic heterocycles. The summed E-state index contributed by atoms with van der Waals surface area (Å²) in [6.07, 6.45) is 2.37. The Kier molecular flexibility index (Phi) is 7.46. The average molecular weight is 425 g/mol. The maximum Gasteiger partial charge on any atom is 0.251 e. The van der Waals surface area contributed by atoms with Gasteiger partial charge in [-0.25, -0.2) is 4.39 Å². The molecule has 0 fully saturated rings. The van der Waals surface area contributed by atoms with E-state index in [1.807, 2.05) is 12.3 Å². The topological polar surface area (TPSA) is 58.2 Å². The molecule has 0 heterocycles. The van der Waals surface area contributed by atoms with Crippen molar-refractivity contribution in [3.05, 3.63) is 64.4 Å². The van der Waals surface area contributed by atoms with Gasteiger partial charge in [0.1, 0.15) is 11.9 Å². The van der Waals surface area contributed by atoms with E-state index in [2.05, 4.69) is 26.6 Å². The Morgan fingerprint density at radius 3 is 2.56 bits per heavy atom. The maximum absolute atomic E-state index is 13.9. The van der Waals surface area contributed by atoms with Crippen molar-refractivity contribution in [2.45, 2.75) is 12.5 Å². The highest BCUT2D eigenvalue weighted by molar-refractivity contribution is 9.10. The Morgan fingerprint density at radius 1 is 1.20 bits per heavy atom. The quantitative estimate of drug-likeness (QED) is 0.703. The fourth-order valence-electron chi connectivity index (χ4n) is 2.15. The SMILES string of the molecule is CSCCC(NC(=O)c1ccccc1)C(=O)Nc1ccc(Br)cc1F. The van der Waals surface area contributed by atoms with Crippen LogP contribution in [0.1, 0.15) is 16.8 Å². The highest BCUT2D eigenvalue weighted by Crippen LogP contribution is 2.19. The van der Waals surface area contributed by atoms with Crippen molar-refractivity contribution in [3.63, 3.8) is 0 Å². The van der Waals surface area contributed by atoms with Crippen molar-refractivity contribution in [2.75, 3.05) is 17.3 Å². The number of amides is 2. The largest absolute Gasteiger partial charge is 0.340 e. The van der Waals surface area contributed by atoms with Gasteiger partial charge in [0.05, 0.1) is 5.69 Å². The van der Waals surface area contributed by atoms with Crippen molar-refractivity contribution >= 4 is 45.2 Å². The molecule has 0 bridgehead atoms. The number of hydrogen-bond donors (Lipinski definition) is 2. The van der Waals surface area contributed by atoms with Gasteiger partial charge in [0.25, 0.3) is 5.91 Å². The van der Waals surface area contributed by atoms with E-state index < -0.39 is 17.8 Å². The first-order chi connectivity index (χ1) is 12.0. The van der Waals surface area contributed by atoms with Gasteiger partial charge in [-0.2, -0.15) is 11.8 Å². The highest BCUT2D eigenvalue weighted by Gasteiger charge is 2.22. The molecule has 1 atom stereocenters.